The van der Waals surface area contributed by atoms with Crippen LogP contribution in [-0.4, -0.2) is 12.8 Å². The maximum absolute atomic E-state index is 10.7. The minimum atomic E-state index is 0.0910. The Balaban J connectivity index is 0.000000561. The van der Waals surface area contributed by atoms with Crippen LogP contribution in [0.1, 0.15) is 17.3 Å². The highest BCUT2D eigenvalue weighted by Crippen LogP contribution is 2.07. The summed E-state index contributed by atoms with van der Waals surface area (Å²) in [6.07, 6.45) is 0. The minimum absolute atomic E-state index is 0.0910. The Hall–Kier alpha value is -0.800. The van der Waals surface area contributed by atoms with Crippen LogP contribution in [0.4, 0.5) is 0 Å². The maximum Gasteiger partial charge on any atom is 0.159 e. The molecule has 0 fully saturated rings. The average molecular weight is 183 g/mol. The van der Waals surface area contributed by atoms with E-state index in [1.165, 1.54) is 7.05 Å². The first-order valence-electron chi connectivity index (χ1n) is 3.58. The van der Waals surface area contributed by atoms with E-state index in [1.54, 1.807) is 31.2 Å². The van der Waals surface area contributed by atoms with E-state index in [0.29, 0.717) is 0 Å². The molecule has 0 aromatic heterocycles. The van der Waals surface area contributed by atoms with E-state index in [9.17, 15) is 4.79 Å². The normalized spacial score (nSPS) is 8.33. The summed E-state index contributed by atoms with van der Waals surface area (Å²) in [6, 6.07) is 7.15. The Kier molecular flexibility index (Phi) is 5.41. The van der Waals surface area contributed by atoms with E-state index < -0.39 is 0 Å². The molecule has 1 rings (SSSR count). The van der Waals surface area contributed by atoms with E-state index in [0.717, 1.165) is 10.5 Å². The summed E-state index contributed by atoms with van der Waals surface area (Å²) in [5.74, 6) is 0.0910. The van der Waals surface area contributed by atoms with Gasteiger partial charge in [-0.3, -0.25) is 4.79 Å². The van der Waals surface area contributed by atoms with Gasteiger partial charge in [0.05, 0.1) is 0 Å². The summed E-state index contributed by atoms with van der Waals surface area (Å²) in [6.45, 7) is 1.55. The van der Waals surface area contributed by atoms with E-state index >= 15 is 0 Å². The van der Waals surface area contributed by atoms with Crippen LogP contribution in [0.15, 0.2) is 29.2 Å². The summed E-state index contributed by atoms with van der Waals surface area (Å²) in [4.78, 5) is 11.6. The SMILES string of the molecule is CC(=O)c1ccc(S)cc1.CN. The van der Waals surface area contributed by atoms with Gasteiger partial charge in [0.1, 0.15) is 0 Å². The summed E-state index contributed by atoms with van der Waals surface area (Å²) in [7, 11) is 1.50. The predicted molar refractivity (Wildman–Crippen MR) is 53.8 cm³/mol. The number of carbonyl (C=O) groups excluding carboxylic acids is 1. The van der Waals surface area contributed by atoms with E-state index in [-0.39, 0.29) is 5.78 Å². The van der Waals surface area contributed by atoms with Crippen LogP contribution < -0.4 is 5.73 Å². The third-order valence-electron chi connectivity index (χ3n) is 1.27. The van der Waals surface area contributed by atoms with Gasteiger partial charge in [0.15, 0.2) is 5.78 Å². The fraction of sp³-hybridized carbons (Fsp3) is 0.222. The van der Waals surface area contributed by atoms with Crippen LogP contribution in [0, 0.1) is 0 Å². The summed E-state index contributed by atoms with van der Waals surface area (Å²) in [5.41, 5.74) is 5.23. The van der Waals surface area contributed by atoms with Gasteiger partial charge in [0.2, 0.25) is 0 Å². The Labute approximate surface area is 78.2 Å². The standard InChI is InChI=1S/C8H8OS.CH5N/c1-6(9)7-2-4-8(10)5-3-7;1-2/h2-5,10H,1H3;2H2,1H3. The van der Waals surface area contributed by atoms with E-state index in [4.69, 9.17) is 0 Å². The Morgan fingerprint density at radius 3 is 2.00 bits per heavy atom. The highest BCUT2D eigenvalue weighted by molar-refractivity contribution is 7.80. The predicted octanol–water partition coefficient (Wildman–Crippen LogP) is 1.75. The lowest BCUT2D eigenvalue weighted by molar-refractivity contribution is 0.101. The zero-order chi connectivity index (χ0) is 9.56. The molecule has 2 nitrogen and oxygen atoms in total. The largest absolute Gasteiger partial charge is 0.333 e. The fourth-order valence-corrected chi connectivity index (χ4v) is 0.845. The van der Waals surface area contributed by atoms with Crippen LogP contribution in [0.25, 0.3) is 0 Å². The summed E-state index contributed by atoms with van der Waals surface area (Å²) >= 11 is 4.09. The molecule has 0 saturated carbocycles. The number of carbonyl (C=O) groups is 1. The smallest absolute Gasteiger partial charge is 0.159 e. The van der Waals surface area contributed by atoms with Crippen molar-refractivity contribution >= 4 is 18.4 Å². The molecule has 0 amide bonds. The van der Waals surface area contributed by atoms with Crippen LogP contribution in [-0.2, 0) is 0 Å². The third-order valence-corrected chi connectivity index (χ3v) is 1.57. The molecule has 12 heavy (non-hydrogen) atoms. The highest BCUT2D eigenvalue weighted by Gasteiger charge is 1.95. The maximum atomic E-state index is 10.7. The molecular formula is C9H13NOS. The molecule has 0 bridgehead atoms. The zero-order valence-corrected chi connectivity index (χ0v) is 8.14. The van der Waals surface area contributed by atoms with Gasteiger partial charge in [-0.2, -0.15) is 0 Å². The number of rotatable bonds is 1. The fourth-order valence-electron chi connectivity index (χ4n) is 0.696. The molecule has 1 aromatic rings. The van der Waals surface area contributed by atoms with Crippen molar-refractivity contribution in [3.63, 3.8) is 0 Å². The third kappa shape index (κ3) is 3.55. The Bertz CT molecular complexity index is 243. The molecular weight excluding hydrogens is 170 g/mol. The molecule has 3 heteroatoms. The second-order valence-electron chi connectivity index (χ2n) is 2.10. The molecule has 0 aliphatic heterocycles. The van der Waals surface area contributed by atoms with Crippen molar-refractivity contribution < 1.29 is 4.79 Å². The lowest BCUT2D eigenvalue weighted by Gasteiger charge is -1.93. The van der Waals surface area contributed by atoms with Crippen molar-refractivity contribution in [2.45, 2.75) is 11.8 Å². The molecule has 0 radical (unpaired) electrons. The summed E-state index contributed by atoms with van der Waals surface area (Å²) < 4.78 is 0. The van der Waals surface area contributed by atoms with Crippen molar-refractivity contribution in [3.05, 3.63) is 29.8 Å². The second kappa shape index (κ2) is 5.80. The number of nitrogens with two attached hydrogens (primary N) is 1. The molecule has 0 saturated heterocycles. The van der Waals surface area contributed by atoms with Crippen molar-refractivity contribution in [3.8, 4) is 0 Å². The monoisotopic (exact) mass is 183 g/mol. The number of ketones is 1. The Morgan fingerprint density at radius 2 is 1.67 bits per heavy atom. The lowest BCUT2D eigenvalue weighted by atomic mass is 10.2. The molecule has 0 unspecified atom stereocenters. The number of benzene rings is 1. The molecule has 2 N–H and O–H groups in total. The quantitative estimate of drug-likeness (QED) is 0.514. The second-order valence-corrected chi connectivity index (χ2v) is 2.62. The molecule has 1 aromatic carbocycles. The lowest BCUT2D eigenvalue weighted by Crippen LogP contribution is -1.89. The Morgan fingerprint density at radius 1 is 1.25 bits per heavy atom. The first-order valence-corrected chi connectivity index (χ1v) is 4.02. The number of thiol groups is 1. The van der Waals surface area contributed by atoms with E-state index in [2.05, 4.69) is 18.4 Å². The van der Waals surface area contributed by atoms with Crippen molar-refractivity contribution in [2.75, 3.05) is 7.05 Å². The molecule has 66 valence electrons. The zero-order valence-electron chi connectivity index (χ0n) is 7.24. The highest BCUT2D eigenvalue weighted by atomic mass is 32.1. The van der Waals surface area contributed by atoms with Crippen LogP contribution >= 0.6 is 12.6 Å². The van der Waals surface area contributed by atoms with Gasteiger partial charge in [0.25, 0.3) is 0 Å². The molecule has 0 aliphatic carbocycles. The number of Topliss-reactive ketones (excluding diaryl/α,β-unsaturated/α-hetero) is 1. The number of hydrogen-bond acceptors (Lipinski definition) is 3. The van der Waals surface area contributed by atoms with Crippen molar-refractivity contribution in [2.24, 2.45) is 5.73 Å². The van der Waals surface area contributed by atoms with Crippen LogP contribution in [0.5, 0.6) is 0 Å². The van der Waals surface area contributed by atoms with Gasteiger partial charge < -0.3 is 5.73 Å². The molecule has 0 heterocycles. The van der Waals surface area contributed by atoms with Gasteiger partial charge in [-0.15, -0.1) is 12.6 Å². The van der Waals surface area contributed by atoms with Gasteiger partial charge >= 0.3 is 0 Å². The molecule has 0 aliphatic rings. The van der Waals surface area contributed by atoms with Gasteiger partial charge in [0, 0.05) is 10.5 Å². The summed E-state index contributed by atoms with van der Waals surface area (Å²) in [5, 5.41) is 0. The average Bonchev–Trinajstić information content (AvgIpc) is 2.09. The first-order chi connectivity index (χ1) is 5.70. The van der Waals surface area contributed by atoms with Gasteiger partial charge in [-0.1, -0.05) is 12.1 Å². The van der Waals surface area contributed by atoms with Crippen LogP contribution in [0.2, 0.25) is 0 Å². The first kappa shape index (κ1) is 11.2. The van der Waals surface area contributed by atoms with Crippen molar-refractivity contribution in [1.29, 1.82) is 0 Å². The topological polar surface area (TPSA) is 43.1 Å². The van der Waals surface area contributed by atoms with Crippen molar-refractivity contribution in [1.82, 2.24) is 0 Å². The van der Waals surface area contributed by atoms with Crippen LogP contribution in [0.3, 0.4) is 0 Å². The van der Waals surface area contributed by atoms with Gasteiger partial charge in [-0.25, -0.2) is 0 Å². The molecule has 0 spiro atoms. The molecule has 0 atom stereocenters. The van der Waals surface area contributed by atoms with Gasteiger partial charge in [-0.05, 0) is 26.1 Å². The van der Waals surface area contributed by atoms with E-state index in [1.807, 2.05) is 0 Å². The minimum Gasteiger partial charge on any atom is -0.333 e. The number of hydrogen-bond donors (Lipinski definition) is 2.